The molecule has 0 aromatic carbocycles. The van der Waals surface area contributed by atoms with E-state index >= 15 is 0 Å². The highest BCUT2D eigenvalue weighted by Crippen LogP contribution is 2.33. The topological polar surface area (TPSA) is 69.5 Å². The van der Waals surface area contributed by atoms with Gasteiger partial charge in [0.15, 0.2) is 5.76 Å². The predicted octanol–water partition coefficient (Wildman–Crippen LogP) is 1.34. The molecule has 2 amide bonds. The van der Waals surface area contributed by atoms with E-state index in [1.807, 2.05) is 4.90 Å². The molecule has 1 aromatic heterocycles. The lowest BCUT2D eigenvalue weighted by Crippen LogP contribution is -2.49. The van der Waals surface area contributed by atoms with Gasteiger partial charge in [-0.05, 0) is 39.2 Å². The molecule has 0 N–H and O–H groups in total. The largest absolute Gasteiger partial charge is 0.459 e. The first kappa shape index (κ1) is 19.3. The molecule has 1 atom stereocenters. The number of rotatable bonds is 5. The Bertz CT molecular complexity index is 697. The molecule has 0 aliphatic carbocycles. The monoisotopic (exact) mass is 390 g/mol. The molecule has 3 aliphatic rings. The summed E-state index contributed by atoms with van der Waals surface area (Å²) in [4.78, 5) is 33.2. The van der Waals surface area contributed by atoms with Gasteiger partial charge in [0.25, 0.3) is 5.91 Å². The molecular formula is C20H30N4O4. The minimum Gasteiger partial charge on any atom is -0.459 e. The number of hydrogen-bond donors (Lipinski definition) is 0. The van der Waals surface area contributed by atoms with Crippen LogP contribution in [-0.2, 0) is 4.74 Å². The Hall–Kier alpha value is -2.06. The maximum atomic E-state index is 12.4. The summed E-state index contributed by atoms with van der Waals surface area (Å²) in [5.41, 5.74) is -0.450. The molecule has 0 saturated carbocycles. The molecule has 154 valence electrons. The Morgan fingerprint density at radius 2 is 2.04 bits per heavy atom. The molecule has 28 heavy (non-hydrogen) atoms. The van der Waals surface area contributed by atoms with Crippen molar-refractivity contribution in [1.29, 1.82) is 0 Å². The van der Waals surface area contributed by atoms with E-state index in [1.165, 1.54) is 12.7 Å². The Morgan fingerprint density at radius 1 is 1.25 bits per heavy atom. The third kappa shape index (κ3) is 3.89. The summed E-state index contributed by atoms with van der Waals surface area (Å²) in [5.74, 6) is 0.271. The number of likely N-dealkylation sites (N-methyl/N-ethyl adjacent to an activating group) is 1. The second kappa shape index (κ2) is 7.75. The van der Waals surface area contributed by atoms with Crippen molar-refractivity contribution in [2.24, 2.45) is 0 Å². The molecule has 4 rings (SSSR count). The lowest BCUT2D eigenvalue weighted by Gasteiger charge is -2.37. The summed E-state index contributed by atoms with van der Waals surface area (Å²) in [5, 5.41) is 0. The van der Waals surface area contributed by atoms with E-state index in [4.69, 9.17) is 9.15 Å². The lowest BCUT2D eigenvalue weighted by atomic mass is 9.91. The van der Waals surface area contributed by atoms with E-state index in [9.17, 15) is 9.59 Å². The highest BCUT2D eigenvalue weighted by molar-refractivity contribution is 5.91. The lowest BCUT2D eigenvalue weighted by molar-refractivity contribution is 0.00226. The van der Waals surface area contributed by atoms with Crippen LogP contribution < -0.4 is 0 Å². The molecule has 3 saturated heterocycles. The maximum Gasteiger partial charge on any atom is 0.410 e. The first-order chi connectivity index (χ1) is 13.5. The number of amides is 2. The Morgan fingerprint density at radius 3 is 2.68 bits per heavy atom. The van der Waals surface area contributed by atoms with Gasteiger partial charge in [0.2, 0.25) is 0 Å². The number of ether oxygens (including phenoxy) is 1. The number of likely N-dealkylation sites (tertiary alicyclic amines) is 2. The zero-order valence-electron chi connectivity index (χ0n) is 16.8. The molecule has 1 spiro atoms. The number of carbonyl (C=O) groups excluding carboxylic acids is 2. The standard InChI is InChI=1S/C20H30N4O4/c1-21(2)16-5-8-22(14-16)11-12-24-15-20(28-19(24)26)6-9-23(10-7-20)18(25)17-4-3-13-27-17/h3-4,13,16H,5-12,14-15H2,1-2H3. The third-order valence-electron chi connectivity index (χ3n) is 6.40. The van der Waals surface area contributed by atoms with Gasteiger partial charge in [-0.15, -0.1) is 0 Å². The van der Waals surface area contributed by atoms with Crippen molar-refractivity contribution in [3.05, 3.63) is 24.2 Å². The van der Waals surface area contributed by atoms with Crippen molar-refractivity contribution in [3.8, 4) is 0 Å². The summed E-state index contributed by atoms with van der Waals surface area (Å²) < 4.78 is 11.0. The molecule has 8 heteroatoms. The fraction of sp³-hybridized carbons (Fsp3) is 0.700. The van der Waals surface area contributed by atoms with Crippen LogP contribution in [0.3, 0.4) is 0 Å². The molecule has 4 heterocycles. The minimum absolute atomic E-state index is 0.0921. The fourth-order valence-electron chi connectivity index (χ4n) is 4.50. The molecule has 3 fully saturated rings. The van der Waals surface area contributed by atoms with Gasteiger partial charge in [-0.25, -0.2) is 4.79 Å². The zero-order valence-corrected chi connectivity index (χ0v) is 16.8. The van der Waals surface area contributed by atoms with Gasteiger partial charge in [0.1, 0.15) is 5.60 Å². The Kier molecular flexibility index (Phi) is 5.33. The van der Waals surface area contributed by atoms with Crippen LogP contribution in [-0.4, -0.2) is 103 Å². The molecule has 1 aromatic rings. The second-order valence-electron chi connectivity index (χ2n) is 8.45. The average molecular weight is 390 g/mol. The van der Waals surface area contributed by atoms with Crippen LogP contribution in [0.4, 0.5) is 4.79 Å². The quantitative estimate of drug-likeness (QED) is 0.756. The van der Waals surface area contributed by atoms with E-state index in [2.05, 4.69) is 23.9 Å². The molecule has 8 nitrogen and oxygen atoms in total. The van der Waals surface area contributed by atoms with E-state index in [0.29, 0.717) is 50.8 Å². The van der Waals surface area contributed by atoms with Crippen molar-refractivity contribution in [1.82, 2.24) is 19.6 Å². The van der Waals surface area contributed by atoms with Crippen LogP contribution in [0.15, 0.2) is 22.8 Å². The van der Waals surface area contributed by atoms with Gasteiger partial charge in [0, 0.05) is 51.6 Å². The van der Waals surface area contributed by atoms with Crippen molar-refractivity contribution >= 4 is 12.0 Å². The van der Waals surface area contributed by atoms with Crippen LogP contribution in [0.25, 0.3) is 0 Å². The van der Waals surface area contributed by atoms with Crippen molar-refractivity contribution in [3.63, 3.8) is 0 Å². The van der Waals surface area contributed by atoms with E-state index in [-0.39, 0.29) is 12.0 Å². The number of furan rings is 1. The number of carbonyl (C=O) groups is 2. The maximum absolute atomic E-state index is 12.4. The van der Waals surface area contributed by atoms with Gasteiger partial charge in [0.05, 0.1) is 12.8 Å². The zero-order chi connectivity index (χ0) is 19.7. The van der Waals surface area contributed by atoms with Gasteiger partial charge in [-0.2, -0.15) is 0 Å². The minimum atomic E-state index is -0.450. The van der Waals surface area contributed by atoms with Gasteiger partial charge in [-0.3, -0.25) is 9.69 Å². The third-order valence-corrected chi connectivity index (χ3v) is 6.40. The summed E-state index contributed by atoms with van der Waals surface area (Å²) >= 11 is 0. The first-order valence-electron chi connectivity index (χ1n) is 10.2. The van der Waals surface area contributed by atoms with E-state index in [0.717, 1.165) is 19.6 Å². The summed E-state index contributed by atoms with van der Waals surface area (Å²) in [7, 11) is 4.25. The Balaban J connectivity index is 1.26. The van der Waals surface area contributed by atoms with Crippen molar-refractivity contribution in [2.75, 3.05) is 59.9 Å². The fourth-order valence-corrected chi connectivity index (χ4v) is 4.50. The summed E-state index contributed by atoms with van der Waals surface area (Å²) in [6.07, 6.45) is 3.83. The van der Waals surface area contributed by atoms with Crippen LogP contribution >= 0.6 is 0 Å². The second-order valence-corrected chi connectivity index (χ2v) is 8.45. The van der Waals surface area contributed by atoms with E-state index in [1.54, 1.807) is 17.0 Å². The van der Waals surface area contributed by atoms with Crippen molar-refractivity contribution < 1.29 is 18.7 Å². The van der Waals surface area contributed by atoms with Gasteiger partial charge < -0.3 is 23.9 Å². The molecule has 3 aliphatic heterocycles. The number of nitrogens with zero attached hydrogens (tertiary/aromatic N) is 4. The SMILES string of the molecule is CN(C)C1CCN(CCN2CC3(CCN(C(=O)c4ccco4)CC3)OC2=O)C1. The van der Waals surface area contributed by atoms with Gasteiger partial charge >= 0.3 is 6.09 Å². The summed E-state index contributed by atoms with van der Waals surface area (Å²) in [6, 6.07) is 4.01. The number of hydrogen-bond acceptors (Lipinski definition) is 6. The van der Waals surface area contributed by atoms with E-state index < -0.39 is 5.60 Å². The summed E-state index contributed by atoms with van der Waals surface area (Å²) in [6.45, 7) is 5.52. The highest BCUT2D eigenvalue weighted by atomic mass is 16.6. The molecule has 0 bridgehead atoms. The van der Waals surface area contributed by atoms with Crippen LogP contribution in [0.1, 0.15) is 29.8 Å². The predicted molar refractivity (Wildman–Crippen MR) is 103 cm³/mol. The highest BCUT2D eigenvalue weighted by Gasteiger charge is 2.47. The average Bonchev–Trinajstić information content (AvgIpc) is 3.41. The smallest absolute Gasteiger partial charge is 0.410 e. The van der Waals surface area contributed by atoms with Crippen LogP contribution in [0, 0.1) is 0 Å². The first-order valence-corrected chi connectivity index (χ1v) is 10.2. The molecular weight excluding hydrogens is 360 g/mol. The Labute approximate surface area is 166 Å². The number of piperidine rings is 1. The van der Waals surface area contributed by atoms with Gasteiger partial charge in [-0.1, -0.05) is 0 Å². The van der Waals surface area contributed by atoms with Crippen molar-refractivity contribution in [2.45, 2.75) is 30.9 Å². The molecule has 0 radical (unpaired) electrons. The molecule has 1 unspecified atom stereocenters. The van der Waals surface area contributed by atoms with Crippen LogP contribution in [0.5, 0.6) is 0 Å². The van der Waals surface area contributed by atoms with Crippen LogP contribution in [0.2, 0.25) is 0 Å². The normalized spacial score (nSPS) is 25.1.